The van der Waals surface area contributed by atoms with Crippen molar-refractivity contribution in [3.8, 4) is 0 Å². The van der Waals surface area contributed by atoms with E-state index in [0.717, 1.165) is 15.6 Å². The summed E-state index contributed by atoms with van der Waals surface area (Å²) in [5.41, 5.74) is 2.17. The number of benzene rings is 1. The normalized spacial score (nSPS) is 23.8. The largest absolute Gasteiger partial charge is 0.299 e. The van der Waals surface area contributed by atoms with Crippen molar-refractivity contribution in [2.45, 2.75) is 12.8 Å². The van der Waals surface area contributed by atoms with E-state index < -0.39 is 0 Å². The molecule has 2 atom stereocenters. The molecule has 0 aliphatic heterocycles. The Morgan fingerprint density at radius 3 is 2.50 bits per heavy atom. The summed E-state index contributed by atoms with van der Waals surface area (Å²) in [7, 11) is 0. The lowest BCUT2D eigenvalue weighted by molar-refractivity contribution is -0.119. The molecule has 0 heterocycles. The van der Waals surface area contributed by atoms with Crippen LogP contribution in [0.2, 0.25) is 0 Å². The molecule has 82 valence electrons. The number of allylic oxidation sites excluding steroid dienone is 3. The van der Waals surface area contributed by atoms with Crippen LogP contribution in [-0.2, 0) is 4.79 Å². The Kier molecular flexibility index (Phi) is 3.10. The average Bonchev–Trinajstić information content (AvgIpc) is 2.62. The van der Waals surface area contributed by atoms with Crippen molar-refractivity contribution in [2.75, 3.05) is 0 Å². The first-order valence-corrected chi connectivity index (χ1v) is 6.02. The van der Waals surface area contributed by atoms with Crippen LogP contribution < -0.4 is 0 Å². The molecule has 2 rings (SSSR count). The maximum Gasteiger partial charge on any atom is 0.137 e. The van der Waals surface area contributed by atoms with Crippen LogP contribution >= 0.6 is 15.9 Å². The molecule has 2 heteroatoms. The topological polar surface area (TPSA) is 17.1 Å². The average molecular weight is 277 g/mol. The van der Waals surface area contributed by atoms with Crippen molar-refractivity contribution in [3.05, 3.63) is 58.6 Å². The zero-order chi connectivity index (χ0) is 11.7. The molecule has 0 bridgehead atoms. The fraction of sp³-hybridized carbons (Fsp3) is 0.214. The third-order valence-electron chi connectivity index (χ3n) is 2.97. The van der Waals surface area contributed by atoms with Gasteiger partial charge in [-0.3, -0.25) is 4.79 Å². The first-order chi connectivity index (χ1) is 7.59. The first kappa shape index (κ1) is 11.3. The van der Waals surface area contributed by atoms with Gasteiger partial charge in [-0.2, -0.15) is 0 Å². The third-order valence-corrected chi connectivity index (χ3v) is 3.50. The molecule has 0 saturated heterocycles. The van der Waals surface area contributed by atoms with E-state index in [0.29, 0.717) is 0 Å². The predicted octanol–water partition coefficient (Wildman–Crippen LogP) is 3.86. The fourth-order valence-corrected chi connectivity index (χ4v) is 2.40. The van der Waals surface area contributed by atoms with Gasteiger partial charge in [0.05, 0.1) is 0 Å². The van der Waals surface area contributed by atoms with Crippen LogP contribution in [0.1, 0.15) is 18.4 Å². The molecule has 0 aromatic heterocycles. The van der Waals surface area contributed by atoms with Gasteiger partial charge in [0, 0.05) is 16.3 Å². The Hall–Kier alpha value is -1.15. The quantitative estimate of drug-likeness (QED) is 0.802. The molecule has 0 fully saturated rings. The molecule has 1 nitrogen and oxygen atoms in total. The van der Waals surface area contributed by atoms with E-state index in [2.05, 4.69) is 22.5 Å². The minimum absolute atomic E-state index is 0.0475. The van der Waals surface area contributed by atoms with Gasteiger partial charge >= 0.3 is 0 Å². The van der Waals surface area contributed by atoms with Gasteiger partial charge < -0.3 is 0 Å². The standard InChI is InChI=1S/C14H13BrO/c1-9-3-8-13(10(2)16)14(9)11-4-6-12(15)7-5-11/h3-8,13-14H,1H2,2H3/t13-,14-/m1/s1. The number of rotatable bonds is 2. The second-order valence-electron chi connectivity index (χ2n) is 4.10. The van der Waals surface area contributed by atoms with Crippen molar-refractivity contribution in [1.29, 1.82) is 0 Å². The maximum atomic E-state index is 11.5. The minimum Gasteiger partial charge on any atom is -0.299 e. The number of halogens is 1. The highest BCUT2D eigenvalue weighted by Gasteiger charge is 2.30. The summed E-state index contributed by atoms with van der Waals surface area (Å²) >= 11 is 3.41. The second-order valence-corrected chi connectivity index (χ2v) is 5.02. The molecule has 16 heavy (non-hydrogen) atoms. The van der Waals surface area contributed by atoms with E-state index in [1.165, 1.54) is 0 Å². The van der Waals surface area contributed by atoms with Crippen LogP contribution in [0.5, 0.6) is 0 Å². The molecule has 1 aromatic carbocycles. The van der Waals surface area contributed by atoms with E-state index >= 15 is 0 Å². The minimum atomic E-state index is -0.0475. The zero-order valence-electron chi connectivity index (χ0n) is 9.11. The van der Waals surface area contributed by atoms with E-state index in [4.69, 9.17) is 0 Å². The summed E-state index contributed by atoms with van der Waals surface area (Å²) in [4.78, 5) is 11.5. The molecule has 1 aromatic rings. The summed E-state index contributed by atoms with van der Waals surface area (Å²) in [6, 6.07) is 8.09. The highest BCUT2D eigenvalue weighted by atomic mass is 79.9. The molecule has 1 aliphatic carbocycles. The molecule has 0 saturated carbocycles. The lowest BCUT2D eigenvalue weighted by Crippen LogP contribution is -2.15. The Labute approximate surface area is 104 Å². The number of carbonyl (C=O) groups excluding carboxylic acids is 1. The van der Waals surface area contributed by atoms with Gasteiger partial charge in [0.25, 0.3) is 0 Å². The Balaban J connectivity index is 2.35. The van der Waals surface area contributed by atoms with Crippen LogP contribution in [0.3, 0.4) is 0 Å². The molecule has 0 unspecified atom stereocenters. The van der Waals surface area contributed by atoms with Gasteiger partial charge in [-0.25, -0.2) is 0 Å². The molecule has 0 amide bonds. The smallest absolute Gasteiger partial charge is 0.137 e. The lowest BCUT2D eigenvalue weighted by Gasteiger charge is -2.18. The Morgan fingerprint density at radius 1 is 1.31 bits per heavy atom. The fourth-order valence-electron chi connectivity index (χ4n) is 2.13. The van der Waals surface area contributed by atoms with Gasteiger partial charge in [0.2, 0.25) is 0 Å². The van der Waals surface area contributed by atoms with Crippen molar-refractivity contribution < 1.29 is 4.79 Å². The van der Waals surface area contributed by atoms with Gasteiger partial charge in [0.15, 0.2) is 0 Å². The summed E-state index contributed by atoms with van der Waals surface area (Å²) in [6.07, 6.45) is 3.91. The zero-order valence-corrected chi connectivity index (χ0v) is 10.7. The first-order valence-electron chi connectivity index (χ1n) is 5.22. The van der Waals surface area contributed by atoms with E-state index in [1.807, 2.05) is 36.4 Å². The van der Waals surface area contributed by atoms with Gasteiger partial charge in [0.1, 0.15) is 5.78 Å². The highest BCUT2D eigenvalue weighted by Crippen LogP contribution is 2.38. The van der Waals surface area contributed by atoms with Crippen LogP contribution in [0.4, 0.5) is 0 Å². The molecular weight excluding hydrogens is 264 g/mol. The number of ketones is 1. The van der Waals surface area contributed by atoms with Crippen LogP contribution in [0, 0.1) is 5.92 Å². The number of carbonyl (C=O) groups is 1. The molecule has 1 aliphatic rings. The van der Waals surface area contributed by atoms with Gasteiger partial charge in [-0.15, -0.1) is 0 Å². The molecule has 0 spiro atoms. The molecular formula is C14H13BrO. The van der Waals surface area contributed by atoms with Gasteiger partial charge in [-0.05, 0) is 30.2 Å². The van der Waals surface area contributed by atoms with E-state index in [-0.39, 0.29) is 17.6 Å². The number of Topliss-reactive ketones (excluding diaryl/α,β-unsaturated/α-hetero) is 1. The third kappa shape index (κ3) is 2.03. The monoisotopic (exact) mass is 276 g/mol. The van der Waals surface area contributed by atoms with Crippen LogP contribution in [0.15, 0.2) is 53.0 Å². The number of hydrogen-bond acceptors (Lipinski definition) is 1. The molecule has 0 radical (unpaired) electrons. The summed E-state index contributed by atoms with van der Waals surface area (Å²) in [5, 5.41) is 0. The SMILES string of the molecule is C=C1C=C[C@H](C(C)=O)[C@H]1c1ccc(Br)cc1. The van der Waals surface area contributed by atoms with Crippen molar-refractivity contribution in [2.24, 2.45) is 5.92 Å². The van der Waals surface area contributed by atoms with Crippen molar-refractivity contribution in [3.63, 3.8) is 0 Å². The summed E-state index contributed by atoms with van der Waals surface area (Å²) in [5.74, 6) is 0.266. The molecule has 0 N–H and O–H groups in total. The van der Waals surface area contributed by atoms with Crippen LogP contribution in [0.25, 0.3) is 0 Å². The van der Waals surface area contributed by atoms with E-state index in [1.54, 1.807) is 6.92 Å². The summed E-state index contributed by atoms with van der Waals surface area (Å²) in [6.45, 7) is 5.65. The highest BCUT2D eigenvalue weighted by molar-refractivity contribution is 9.10. The Morgan fingerprint density at radius 2 is 1.94 bits per heavy atom. The maximum absolute atomic E-state index is 11.5. The van der Waals surface area contributed by atoms with E-state index in [9.17, 15) is 4.79 Å². The summed E-state index contributed by atoms with van der Waals surface area (Å²) < 4.78 is 1.05. The Bertz CT molecular complexity index is 456. The lowest BCUT2D eigenvalue weighted by atomic mass is 9.84. The second kappa shape index (κ2) is 4.38. The van der Waals surface area contributed by atoms with Crippen molar-refractivity contribution >= 4 is 21.7 Å². The predicted molar refractivity (Wildman–Crippen MR) is 69.3 cm³/mol. The van der Waals surface area contributed by atoms with Gasteiger partial charge in [-0.1, -0.05) is 46.8 Å². The number of hydrogen-bond donors (Lipinski definition) is 0. The van der Waals surface area contributed by atoms with Crippen molar-refractivity contribution in [1.82, 2.24) is 0 Å². The van der Waals surface area contributed by atoms with Crippen LogP contribution in [-0.4, -0.2) is 5.78 Å².